The molecule has 1 aromatic carbocycles. The van der Waals surface area contributed by atoms with Gasteiger partial charge < -0.3 is 0 Å². The molecule has 1 aromatic heterocycles. The van der Waals surface area contributed by atoms with Crippen LogP contribution < -0.4 is 0 Å². The van der Waals surface area contributed by atoms with Gasteiger partial charge in [0, 0.05) is 29.2 Å². The number of carbonyl (C=O) groups is 1. The lowest BCUT2D eigenvalue weighted by molar-refractivity contribution is 0.101. The molecule has 1 amide bonds. The van der Waals surface area contributed by atoms with Crippen LogP contribution in [0.25, 0.3) is 11.4 Å². The highest BCUT2D eigenvalue weighted by Gasteiger charge is 2.24. The standard InChI is InChI=1S/C14H11N3O/c1-8-10(13-15-6-3-7-16-13)4-5-11-12(8)9(2)17-14(11)18/h3-7H,1-2H3. The monoisotopic (exact) mass is 237 g/mol. The number of aromatic nitrogens is 2. The summed E-state index contributed by atoms with van der Waals surface area (Å²) in [6.45, 7) is 3.83. The SMILES string of the molecule is CC1=NC(=O)c2ccc(-c3ncccn3)c(C)c21. The van der Waals surface area contributed by atoms with E-state index in [-0.39, 0.29) is 5.91 Å². The molecular formula is C14H11N3O. The van der Waals surface area contributed by atoms with Crippen molar-refractivity contribution in [2.75, 3.05) is 0 Å². The quantitative estimate of drug-likeness (QED) is 0.765. The maximum Gasteiger partial charge on any atom is 0.277 e. The molecule has 0 atom stereocenters. The van der Waals surface area contributed by atoms with E-state index in [2.05, 4.69) is 15.0 Å². The normalized spacial score (nSPS) is 13.4. The molecule has 2 aromatic rings. The second-order valence-electron chi connectivity index (χ2n) is 4.24. The van der Waals surface area contributed by atoms with Gasteiger partial charge >= 0.3 is 0 Å². The highest BCUT2D eigenvalue weighted by Crippen LogP contribution is 2.29. The topological polar surface area (TPSA) is 55.2 Å². The summed E-state index contributed by atoms with van der Waals surface area (Å²) in [5, 5.41) is 0. The first kappa shape index (κ1) is 10.8. The Bertz CT molecular complexity index is 675. The van der Waals surface area contributed by atoms with E-state index in [1.807, 2.05) is 19.9 Å². The number of nitrogens with zero attached hydrogens (tertiary/aromatic N) is 3. The van der Waals surface area contributed by atoms with Crippen molar-refractivity contribution in [2.45, 2.75) is 13.8 Å². The maximum atomic E-state index is 11.7. The molecule has 0 saturated carbocycles. The van der Waals surface area contributed by atoms with Crippen molar-refractivity contribution < 1.29 is 4.79 Å². The van der Waals surface area contributed by atoms with Crippen LogP contribution in [0.15, 0.2) is 35.6 Å². The summed E-state index contributed by atoms with van der Waals surface area (Å²) in [5.74, 6) is 0.510. The van der Waals surface area contributed by atoms with Crippen molar-refractivity contribution in [2.24, 2.45) is 4.99 Å². The van der Waals surface area contributed by atoms with Crippen LogP contribution >= 0.6 is 0 Å². The van der Waals surface area contributed by atoms with Crippen LogP contribution in [-0.2, 0) is 0 Å². The Morgan fingerprint density at radius 3 is 2.39 bits per heavy atom. The first-order valence-corrected chi connectivity index (χ1v) is 5.69. The van der Waals surface area contributed by atoms with Gasteiger partial charge in [0.2, 0.25) is 0 Å². The summed E-state index contributed by atoms with van der Waals surface area (Å²) in [6, 6.07) is 5.47. The zero-order chi connectivity index (χ0) is 12.7. The fourth-order valence-corrected chi connectivity index (χ4v) is 2.31. The predicted octanol–water partition coefficient (Wildman–Crippen LogP) is 2.41. The maximum absolute atomic E-state index is 11.7. The summed E-state index contributed by atoms with van der Waals surface area (Å²) in [6.07, 6.45) is 3.42. The zero-order valence-electron chi connectivity index (χ0n) is 10.1. The van der Waals surface area contributed by atoms with Crippen LogP contribution in [-0.4, -0.2) is 21.6 Å². The zero-order valence-corrected chi connectivity index (χ0v) is 10.1. The van der Waals surface area contributed by atoms with E-state index >= 15 is 0 Å². The summed E-state index contributed by atoms with van der Waals surface area (Å²) < 4.78 is 0. The molecule has 2 heterocycles. The number of fused-ring (bicyclic) bond motifs is 1. The molecule has 0 radical (unpaired) electrons. The third-order valence-electron chi connectivity index (χ3n) is 3.13. The van der Waals surface area contributed by atoms with Gasteiger partial charge in [0.05, 0.1) is 5.56 Å². The van der Waals surface area contributed by atoms with Gasteiger partial charge in [-0.2, -0.15) is 0 Å². The molecule has 0 spiro atoms. The van der Waals surface area contributed by atoms with Gasteiger partial charge in [-0.25, -0.2) is 15.0 Å². The first-order chi connectivity index (χ1) is 8.68. The lowest BCUT2D eigenvalue weighted by Crippen LogP contribution is -2.01. The molecule has 4 nitrogen and oxygen atoms in total. The van der Waals surface area contributed by atoms with Crippen LogP contribution in [0.4, 0.5) is 0 Å². The lowest BCUT2D eigenvalue weighted by atomic mass is 9.95. The number of amides is 1. The van der Waals surface area contributed by atoms with Gasteiger partial charge in [0.15, 0.2) is 5.82 Å². The Morgan fingerprint density at radius 2 is 1.67 bits per heavy atom. The van der Waals surface area contributed by atoms with Gasteiger partial charge in [-0.15, -0.1) is 0 Å². The molecular weight excluding hydrogens is 226 g/mol. The molecule has 4 heteroatoms. The number of hydrogen-bond donors (Lipinski definition) is 0. The predicted molar refractivity (Wildman–Crippen MR) is 68.7 cm³/mol. The van der Waals surface area contributed by atoms with Gasteiger partial charge in [-0.05, 0) is 31.5 Å². The smallest absolute Gasteiger partial charge is 0.267 e. The van der Waals surface area contributed by atoms with Crippen molar-refractivity contribution in [1.29, 1.82) is 0 Å². The minimum Gasteiger partial charge on any atom is -0.267 e. The molecule has 0 saturated heterocycles. The first-order valence-electron chi connectivity index (χ1n) is 5.69. The molecule has 0 unspecified atom stereocenters. The minimum absolute atomic E-state index is 0.161. The van der Waals surface area contributed by atoms with E-state index < -0.39 is 0 Å². The number of carbonyl (C=O) groups excluding carboxylic acids is 1. The Kier molecular flexibility index (Phi) is 2.30. The van der Waals surface area contributed by atoms with Gasteiger partial charge in [-0.1, -0.05) is 6.07 Å². The molecule has 1 aliphatic heterocycles. The van der Waals surface area contributed by atoms with E-state index in [4.69, 9.17) is 0 Å². The second-order valence-corrected chi connectivity index (χ2v) is 4.24. The van der Waals surface area contributed by atoms with Gasteiger partial charge in [0.25, 0.3) is 5.91 Å². The average molecular weight is 237 g/mol. The van der Waals surface area contributed by atoms with Crippen molar-refractivity contribution in [3.05, 3.63) is 47.3 Å². The molecule has 88 valence electrons. The molecule has 0 N–H and O–H groups in total. The number of aliphatic imine (C=N–C) groups is 1. The minimum atomic E-state index is -0.161. The summed E-state index contributed by atoms with van der Waals surface area (Å²) in [4.78, 5) is 24.1. The highest BCUT2D eigenvalue weighted by atomic mass is 16.1. The highest BCUT2D eigenvalue weighted by molar-refractivity contribution is 6.21. The number of benzene rings is 1. The Morgan fingerprint density at radius 1 is 1.00 bits per heavy atom. The number of rotatable bonds is 1. The largest absolute Gasteiger partial charge is 0.277 e. The molecule has 3 rings (SSSR count). The van der Waals surface area contributed by atoms with Crippen LogP contribution in [0.5, 0.6) is 0 Å². The molecule has 1 aliphatic rings. The fourth-order valence-electron chi connectivity index (χ4n) is 2.31. The van der Waals surface area contributed by atoms with Crippen LogP contribution in [0, 0.1) is 6.92 Å². The van der Waals surface area contributed by atoms with Crippen LogP contribution in [0.1, 0.15) is 28.4 Å². The van der Waals surface area contributed by atoms with Crippen molar-refractivity contribution in [3.63, 3.8) is 0 Å². The average Bonchev–Trinajstić information content (AvgIpc) is 2.67. The Hall–Kier alpha value is -2.36. The summed E-state index contributed by atoms with van der Waals surface area (Å²) in [7, 11) is 0. The van der Waals surface area contributed by atoms with Crippen molar-refractivity contribution in [1.82, 2.24) is 9.97 Å². The fraction of sp³-hybridized carbons (Fsp3) is 0.143. The Balaban J connectivity index is 2.25. The molecule has 0 aliphatic carbocycles. The van der Waals surface area contributed by atoms with E-state index in [1.165, 1.54) is 0 Å². The van der Waals surface area contributed by atoms with E-state index in [0.717, 1.165) is 22.4 Å². The summed E-state index contributed by atoms with van der Waals surface area (Å²) in [5.41, 5.74) is 4.31. The third-order valence-corrected chi connectivity index (χ3v) is 3.13. The Labute approximate surface area is 104 Å². The van der Waals surface area contributed by atoms with Crippen molar-refractivity contribution in [3.8, 4) is 11.4 Å². The molecule has 0 bridgehead atoms. The van der Waals surface area contributed by atoms with E-state index in [1.54, 1.807) is 24.5 Å². The third kappa shape index (κ3) is 1.46. The lowest BCUT2D eigenvalue weighted by Gasteiger charge is -2.09. The summed E-state index contributed by atoms with van der Waals surface area (Å²) >= 11 is 0. The van der Waals surface area contributed by atoms with Crippen LogP contribution in [0.2, 0.25) is 0 Å². The van der Waals surface area contributed by atoms with Crippen molar-refractivity contribution >= 4 is 11.6 Å². The van der Waals surface area contributed by atoms with Crippen LogP contribution in [0.3, 0.4) is 0 Å². The molecule has 0 fully saturated rings. The second kappa shape index (κ2) is 3.84. The number of hydrogen-bond acceptors (Lipinski definition) is 3. The van der Waals surface area contributed by atoms with E-state index in [0.29, 0.717) is 11.4 Å². The van der Waals surface area contributed by atoms with E-state index in [9.17, 15) is 4.79 Å². The molecule has 18 heavy (non-hydrogen) atoms. The van der Waals surface area contributed by atoms with Gasteiger partial charge in [0.1, 0.15) is 0 Å². The van der Waals surface area contributed by atoms with Gasteiger partial charge in [-0.3, -0.25) is 4.79 Å².